The normalized spacial score (nSPS) is 22.5. The second-order valence-electron chi connectivity index (χ2n) is 10.2. The number of ether oxygens (including phenoxy) is 1. The molecule has 17 heteroatoms. The van der Waals surface area contributed by atoms with E-state index in [1.54, 1.807) is 0 Å². The number of carboxylic acids is 2. The van der Waals surface area contributed by atoms with Gasteiger partial charge >= 0.3 is 24.3 Å². The summed E-state index contributed by atoms with van der Waals surface area (Å²) >= 11 is 0. The van der Waals surface area contributed by atoms with Crippen LogP contribution in [-0.2, 0) is 20.9 Å². The van der Waals surface area contributed by atoms with Crippen LogP contribution >= 0.6 is 0 Å². The lowest BCUT2D eigenvalue weighted by molar-refractivity contribution is -0.193. The number of pyridine rings is 1. The average molecular weight is 611 g/mol. The van der Waals surface area contributed by atoms with Gasteiger partial charge in [0.15, 0.2) is 0 Å². The molecular formula is C25H32F6N6O5. The summed E-state index contributed by atoms with van der Waals surface area (Å²) in [5.41, 5.74) is 2.21. The fourth-order valence-corrected chi connectivity index (χ4v) is 4.96. The van der Waals surface area contributed by atoms with Crippen molar-refractivity contribution in [3.05, 3.63) is 35.8 Å². The minimum atomic E-state index is -5.08. The molecule has 0 radical (unpaired) electrons. The third-order valence-corrected chi connectivity index (χ3v) is 7.00. The maximum Gasteiger partial charge on any atom is 0.490 e. The highest BCUT2D eigenvalue weighted by molar-refractivity contribution is 5.73. The number of carbonyl (C=O) groups is 2. The molecule has 234 valence electrons. The quantitative estimate of drug-likeness (QED) is 0.427. The molecule has 3 saturated heterocycles. The number of piperidine rings is 2. The molecule has 0 aromatic carbocycles. The maximum atomic E-state index is 10.6. The van der Waals surface area contributed by atoms with Gasteiger partial charge in [0.25, 0.3) is 0 Å². The lowest BCUT2D eigenvalue weighted by atomic mass is 10.0. The molecule has 11 nitrogen and oxygen atoms in total. The first kappa shape index (κ1) is 33.0. The summed E-state index contributed by atoms with van der Waals surface area (Å²) in [6.45, 7) is 4.71. The molecule has 3 aliphatic rings. The molecule has 1 unspecified atom stereocenters. The number of aryl methyl sites for hydroxylation is 1. The number of alkyl halides is 6. The van der Waals surface area contributed by atoms with Crippen molar-refractivity contribution in [2.45, 2.75) is 88.6 Å². The Bertz CT molecular complexity index is 1150. The van der Waals surface area contributed by atoms with Crippen molar-refractivity contribution in [3.63, 3.8) is 0 Å². The number of nitrogens with one attached hydrogen (secondary N) is 1. The first-order chi connectivity index (χ1) is 19.6. The molecule has 2 bridgehead atoms. The van der Waals surface area contributed by atoms with E-state index >= 15 is 0 Å². The molecule has 0 aliphatic carbocycles. The number of fused-ring (bicyclic) bond motifs is 2. The molecule has 42 heavy (non-hydrogen) atoms. The smallest absolute Gasteiger partial charge is 0.475 e. The van der Waals surface area contributed by atoms with Crippen molar-refractivity contribution in [2.24, 2.45) is 0 Å². The zero-order valence-electron chi connectivity index (χ0n) is 22.6. The van der Waals surface area contributed by atoms with Crippen LogP contribution in [0.15, 0.2) is 24.5 Å². The number of anilines is 1. The van der Waals surface area contributed by atoms with Gasteiger partial charge in [-0.25, -0.2) is 19.3 Å². The average Bonchev–Trinajstić information content (AvgIpc) is 3.53. The Labute approximate surface area is 236 Å². The number of hydrogen-bond donors (Lipinski definition) is 3. The number of halogens is 6. The fourth-order valence-electron chi connectivity index (χ4n) is 4.96. The minimum Gasteiger partial charge on any atom is -0.475 e. The Balaban J connectivity index is 0.000000289. The molecule has 3 N–H and O–H groups in total. The summed E-state index contributed by atoms with van der Waals surface area (Å²) < 4.78 is 71.7. The number of aromatic nitrogens is 4. The fraction of sp³-hybridized carbons (Fsp3) is 0.640. The van der Waals surface area contributed by atoms with Gasteiger partial charge in [0.1, 0.15) is 11.5 Å². The standard InChI is InChI=1S/C21H30N6O.2C2HF3O2/c1-15-4-7-22-21(10-15)26-8-5-19(6-9-26)27-13-18(24-25-27)14-28-20-11-16-2-3-17(12-20)23-16;2*3-2(4,5)1(6)7/h4,7,10,13,16-17,19-20,23H,2-3,5-6,8-9,11-12,14H2,1H3;2*(H,6,7)/t16-,17+,20?;;. The number of carboxylic acid groups (broad SMARTS) is 2. The highest BCUT2D eigenvalue weighted by Crippen LogP contribution is 2.29. The Morgan fingerprint density at radius 2 is 1.55 bits per heavy atom. The molecule has 0 amide bonds. The second-order valence-corrected chi connectivity index (χ2v) is 10.2. The van der Waals surface area contributed by atoms with Gasteiger partial charge < -0.3 is 25.2 Å². The number of hydrogen-bond acceptors (Lipinski definition) is 8. The molecule has 5 heterocycles. The zero-order valence-corrected chi connectivity index (χ0v) is 22.6. The SMILES string of the molecule is Cc1ccnc(N2CCC(n3cc(COC4C[C@H]5CC[C@@H](C4)N5)nn3)CC2)c1.O=C(O)C(F)(F)F.O=C(O)C(F)(F)F. The monoisotopic (exact) mass is 610 g/mol. The largest absolute Gasteiger partial charge is 0.490 e. The van der Waals surface area contributed by atoms with E-state index in [0.717, 1.165) is 50.3 Å². The first-order valence-electron chi connectivity index (χ1n) is 13.2. The number of nitrogens with zero attached hydrogens (tertiary/aromatic N) is 5. The summed E-state index contributed by atoms with van der Waals surface area (Å²) in [6.07, 6.45) is 1.19. The van der Waals surface area contributed by atoms with Crippen LogP contribution in [0.25, 0.3) is 0 Å². The predicted octanol–water partition coefficient (Wildman–Crippen LogP) is 3.89. The zero-order chi connectivity index (χ0) is 31.1. The van der Waals surface area contributed by atoms with Crippen molar-refractivity contribution < 1.29 is 50.9 Å². The van der Waals surface area contributed by atoms with Gasteiger partial charge in [-0.3, -0.25) is 0 Å². The van der Waals surface area contributed by atoms with Gasteiger partial charge in [-0.2, -0.15) is 26.3 Å². The Hall–Kier alpha value is -3.47. The lowest BCUT2D eigenvalue weighted by Crippen LogP contribution is -2.41. The van der Waals surface area contributed by atoms with Crippen molar-refractivity contribution in [2.75, 3.05) is 18.0 Å². The first-order valence-corrected chi connectivity index (χ1v) is 13.2. The molecular weight excluding hydrogens is 578 g/mol. The summed E-state index contributed by atoms with van der Waals surface area (Å²) in [6, 6.07) is 5.94. The van der Waals surface area contributed by atoms with Gasteiger partial charge in [-0.15, -0.1) is 5.10 Å². The van der Waals surface area contributed by atoms with Gasteiger partial charge in [-0.05, 0) is 63.1 Å². The minimum absolute atomic E-state index is 0.369. The molecule has 5 rings (SSSR count). The molecule has 0 spiro atoms. The highest BCUT2D eigenvalue weighted by atomic mass is 19.4. The van der Waals surface area contributed by atoms with E-state index in [1.165, 1.54) is 18.4 Å². The molecule has 2 aromatic heterocycles. The molecule has 3 fully saturated rings. The van der Waals surface area contributed by atoms with Crippen LogP contribution in [-0.4, -0.2) is 85.8 Å². The van der Waals surface area contributed by atoms with E-state index < -0.39 is 24.3 Å². The molecule has 3 aliphatic heterocycles. The van der Waals surface area contributed by atoms with E-state index in [4.69, 9.17) is 24.5 Å². The third kappa shape index (κ3) is 10.1. The predicted molar refractivity (Wildman–Crippen MR) is 135 cm³/mol. The number of rotatable bonds is 5. The van der Waals surface area contributed by atoms with Crippen molar-refractivity contribution in [3.8, 4) is 0 Å². The van der Waals surface area contributed by atoms with E-state index in [-0.39, 0.29) is 0 Å². The number of aliphatic carboxylic acids is 2. The highest BCUT2D eigenvalue weighted by Gasteiger charge is 2.39. The summed E-state index contributed by atoms with van der Waals surface area (Å²) in [7, 11) is 0. The van der Waals surface area contributed by atoms with E-state index in [9.17, 15) is 26.3 Å². The van der Waals surface area contributed by atoms with Crippen LogP contribution in [0.2, 0.25) is 0 Å². The van der Waals surface area contributed by atoms with E-state index in [2.05, 4.69) is 44.7 Å². The van der Waals surface area contributed by atoms with Crippen molar-refractivity contribution >= 4 is 17.8 Å². The molecule has 0 saturated carbocycles. The van der Waals surface area contributed by atoms with Crippen molar-refractivity contribution in [1.29, 1.82) is 0 Å². The van der Waals surface area contributed by atoms with Gasteiger partial charge in [0.05, 0.1) is 24.9 Å². The van der Waals surface area contributed by atoms with Gasteiger partial charge in [-0.1, -0.05) is 5.21 Å². The summed E-state index contributed by atoms with van der Waals surface area (Å²) in [4.78, 5) is 24.7. The van der Waals surface area contributed by atoms with Crippen LogP contribution in [0.5, 0.6) is 0 Å². The van der Waals surface area contributed by atoms with Crippen LogP contribution < -0.4 is 10.2 Å². The topological polar surface area (TPSA) is 143 Å². The maximum absolute atomic E-state index is 10.6. The van der Waals surface area contributed by atoms with Crippen LogP contribution in [0, 0.1) is 6.92 Å². The van der Waals surface area contributed by atoms with E-state index in [1.807, 2.05) is 16.9 Å². The summed E-state index contributed by atoms with van der Waals surface area (Å²) in [5.74, 6) is -4.43. The van der Waals surface area contributed by atoms with Crippen molar-refractivity contribution in [1.82, 2.24) is 25.3 Å². The Morgan fingerprint density at radius 1 is 1.00 bits per heavy atom. The Kier molecular flexibility index (Phi) is 11.1. The van der Waals surface area contributed by atoms with Gasteiger partial charge in [0, 0.05) is 31.4 Å². The third-order valence-electron chi connectivity index (χ3n) is 7.00. The van der Waals surface area contributed by atoms with E-state index in [0.29, 0.717) is 30.8 Å². The van der Waals surface area contributed by atoms with Crippen LogP contribution in [0.1, 0.15) is 55.8 Å². The molecule has 2 aromatic rings. The second kappa shape index (κ2) is 14.1. The lowest BCUT2D eigenvalue weighted by Gasteiger charge is -2.32. The summed E-state index contributed by atoms with van der Waals surface area (Å²) in [5, 5.41) is 26.7. The molecule has 3 atom stereocenters. The van der Waals surface area contributed by atoms with Crippen LogP contribution in [0.3, 0.4) is 0 Å². The Morgan fingerprint density at radius 3 is 2.05 bits per heavy atom. The van der Waals surface area contributed by atoms with Crippen LogP contribution in [0.4, 0.5) is 32.2 Å². The van der Waals surface area contributed by atoms with Gasteiger partial charge in [0.2, 0.25) is 0 Å².